The third kappa shape index (κ3) is 5.06. The van der Waals surface area contributed by atoms with Gasteiger partial charge in [-0.3, -0.25) is 4.79 Å². The van der Waals surface area contributed by atoms with E-state index in [4.69, 9.17) is 10.5 Å². The summed E-state index contributed by atoms with van der Waals surface area (Å²) < 4.78 is 9.90. The topological polar surface area (TPSA) is 81.9 Å². The number of hydrogen-bond acceptors (Lipinski definition) is 5. The number of amides is 1. The van der Waals surface area contributed by atoms with E-state index in [0.717, 1.165) is 6.42 Å². The first-order valence-electron chi connectivity index (χ1n) is 6.54. The van der Waals surface area contributed by atoms with Crippen molar-refractivity contribution >= 4 is 12.1 Å². The molecule has 2 atom stereocenters. The van der Waals surface area contributed by atoms with E-state index >= 15 is 0 Å². The zero-order chi connectivity index (χ0) is 14.6. The molecule has 0 saturated carbocycles. The molecule has 6 nitrogen and oxygen atoms in total. The molecule has 0 unspecified atom stereocenters. The van der Waals surface area contributed by atoms with E-state index in [0.29, 0.717) is 19.5 Å². The van der Waals surface area contributed by atoms with Crippen LogP contribution in [0.15, 0.2) is 0 Å². The summed E-state index contributed by atoms with van der Waals surface area (Å²) >= 11 is 0. The zero-order valence-corrected chi connectivity index (χ0v) is 12.1. The third-order valence-electron chi connectivity index (χ3n) is 3.03. The number of esters is 1. The molecule has 19 heavy (non-hydrogen) atoms. The number of rotatable bonds is 3. The Morgan fingerprint density at radius 1 is 1.42 bits per heavy atom. The molecule has 1 fully saturated rings. The maximum atomic E-state index is 11.9. The van der Waals surface area contributed by atoms with E-state index in [-0.39, 0.29) is 12.0 Å². The van der Waals surface area contributed by atoms with Crippen LogP contribution >= 0.6 is 0 Å². The maximum Gasteiger partial charge on any atom is 0.410 e. The lowest BCUT2D eigenvalue weighted by atomic mass is 10.00. The van der Waals surface area contributed by atoms with E-state index in [2.05, 4.69) is 4.74 Å². The molecule has 2 N–H and O–H groups in total. The van der Waals surface area contributed by atoms with Crippen LogP contribution in [0.5, 0.6) is 0 Å². The minimum atomic E-state index is -0.617. The molecule has 0 bridgehead atoms. The zero-order valence-electron chi connectivity index (χ0n) is 12.1. The number of nitrogens with zero attached hydrogens (tertiary/aromatic N) is 1. The van der Waals surface area contributed by atoms with E-state index < -0.39 is 17.6 Å². The molecule has 1 saturated heterocycles. The fourth-order valence-corrected chi connectivity index (χ4v) is 2.12. The average molecular weight is 272 g/mol. The van der Waals surface area contributed by atoms with Gasteiger partial charge < -0.3 is 20.1 Å². The Hall–Kier alpha value is -1.30. The van der Waals surface area contributed by atoms with Crippen LogP contribution in [0.25, 0.3) is 0 Å². The standard InChI is InChI=1S/C13H24N2O4/c1-13(2,3)19-12(17)15-6-5-9(8-15)7-10(14)11(16)18-4/h9-10H,5-8,14H2,1-4H3/t9-,10-/m0/s1. The first-order chi connectivity index (χ1) is 8.73. The molecule has 0 spiro atoms. The van der Waals surface area contributed by atoms with Gasteiger partial charge in [-0.05, 0) is 39.5 Å². The molecule has 0 radical (unpaired) electrons. The van der Waals surface area contributed by atoms with Crippen molar-refractivity contribution in [2.75, 3.05) is 20.2 Å². The highest BCUT2D eigenvalue weighted by atomic mass is 16.6. The second-order valence-corrected chi connectivity index (χ2v) is 5.95. The largest absolute Gasteiger partial charge is 0.468 e. The van der Waals surface area contributed by atoms with Gasteiger partial charge in [-0.2, -0.15) is 0 Å². The number of carbonyl (C=O) groups is 2. The van der Waals surface area contributed by atoms with Gasteiger partial charge in [0.15, 0.2) is 0 Å². The van der Waals surface area contributed by atoms with Crippen LogP contribution in [0.4, 0.5) is 4.79 Å². The fourth-order valence-electron chi connectivity index (χ4n) is 2.12. The Labute approximate surface area is 114 Å². The van der Waals surface area contributed by atoms with Crippen molar-refractivity contribution in [1.82, 2.24) is 4.90 Å². The molecule has 1 aliphatic heterocycles. The van der Waals surface area contributed by atoms with E-state index in [1.165, 1.54) is 7.11 Å². The average Bonchev–Trinajstić information content (AvgIpc) is 2.74. The number of ether oxygens (including phenoxy) is 2. The second-order valence-electron chi connectivity index (χ2n) is 5.95. The van der Waals surface area contributed by atoms with Crippen LogP contribution in [-0.4, -0.2) is 48.8 Å². The summed E-state index contributed by atoms with van der Waals surface area (Å²) in [7, 11) is 1.32. The molecular formula is C13H24N2O4. The van der Waals surface area contributed by atoms with Crippen LogP contribution in [0.3, 0.4) is 0 Å². The van der Waals surface area contributed by atoms with Gasteiger partial charge in [-0.25, -0.2) is 4.79 Å². The maximum absolute atomic E-state index is 11.9. The molecule has 0 aromatic rings. The van der Waals surface area contributed by atoms with Gasteiger partial charge >= 0.3 is 12.1 Å². The van der Waals surface area contributed by atoms with Crippen molar-refractivity contribution in [3.05, 3.63) is 0 Å². The van der Waals surface area contributed by atoms with Crippen molar-refractivity contribution < 1.29 is 19.1 Å². The van der Waals surface area contributed by atoms with Crippen molar-refractivity contribution in [1.29, 1.82) is 0 Å². The summed E-state index contributed by atoms with van der Waals surface area (Å²) in [6.45, 7) is 6.75. The lowest BCUT2D eigenvalue weighted by Crippen LogP contribution is -2.37. The van der Waals surface area contributed by atoms with Gasteiger partial charge in [0.1, 0.15) is 11.6 Å². The molecule has 0 aliphatic carbocycles. The van der Waals surface area contributed by atoms with Gasteiger partial charge in [0.05, 0.1) is 7.11 Å². The Morgan fingerprint density at radius 2 is 2.05 bits per heavy atom. The van der Waals surface area contributed by atoms with Gasteiger partial charge in [0.25, 0.3) is 0 Å². The van der Waals surface area contributed by atoms with E-state index in [1.807, 2.05) is 20.8 Å². The minimum Gasteiger partial charge on any atom is -0.468 e. The van der Waals surface area contributed by atoms with Crippen molar-refractivity contribution in [3.8, 4) is 0 Å². The second kappa shape index (κ2) is 6.23. The van der Waals surface area contributed by atoms with Gasteiger partial charge in [0.2, 0.25) is 0 Å². The fraction of sp³-hybridized carbons (Fsp3) is 0.846. The highest BCUT2D eigenvalue weighted by molar-refractivity contribution is 5.75. The number of carbonyl (C=O) groups excluding carboxylic acids is 2. The summed E-state index contributed by atoms with van der Waals surface area (Å²) in [5.74, 6) is -0.183. The summed E-state index contributed by atoms with van der Waals surface area (Å²) in [5, 5.41) is 0. The van der Waals surface area contributed by atoms with Crippen LogP contribution in [-0.2, 0) is 14.3 Å². The quantitative estimate of drug-likeness (QED) is 0.779. The number of hydrogen-bond donors (Lipinski definition) is 1. The van der Waals surface area contributed by atoms with Crippen molar-refractivity contribution in [2.45, 2.75) is 45.3 Å². The molecule has 1 aliphatic rings. The first-order valence-corrected chi connectivity index (χ1v) is 6.54. The summed E-state index contributed by atoms with van der Waals surface area (Å²) in [6, 6.07) is -0.617. The van der Waals surface area contributed by atoms with Crippen LogP contribution in [0.2, 0.25) is 0 Å². The van der Waals surface area contributed by atoms with Gasteiger partial charge in [-0.15, -0.1) is 0 Å². The number of methoxy groups -OCH3 is 1. The molecule has 110 valence electrons. The number of nitrogens with two attached hydrogens (primary N) is 1. The number of likely N-dealkylation sites (tertiary alicyclic amines) is 1. The van der Waals surface area contributed by atoms with Gasteiger partial charge in [0, 0.05) is 13.1 Å². The van der Waals surface area contributed by atoms with Crippen LogP contribution in [0, 0.1) is 5.92 Å². The third-order valence-corrected chi connectivity index (χ3v) is 3.03. The predicted molar refractivity (Wildman–Crippen MR) is 70.5 cm³/mol. The molecular weight excluding hydrogens is 248 g/mol. The lowest BCUT2D eigenvalue weighted by Gasteiger charge is -2.24. The van der Waals surface area contributed by atoms with Crippen molar-refractivity contribution in [3.63, 3.8) is 0 Å². The lowest BCUT2D eigenvalue weighted by molar-refractivity contribution is -0.142. The molecule has 6 heteroatoms. The Kier molecular flexibility index (Phi) is 5.17. The van der Waals surface area contributed by atoms with Crippen molar-refractivity contribution in [2.24, 2.45) is 11.7 Å². The molecule has 1 rings (SSSR count). The predicted octanol–water partition coefficient (Wildman–Crippen LogP) is 1.13. The van der Waals surface area contributed by atoms with Crippen LogP contribution in [0.1, 0.15) is 33.6 Å². The highest BCUT2D eigenvalue weighted by Gasteiger charge is 2.31. The molecule has 1 heterocycles. The SMILES string of the molecule is COC(=O)[C@@H](N)C[C@@H]1CCN(C(=O)OC(C)(C)C)C1. The molecule has 0 aromatic carbocycles. The summed E-state index contributed by atoms with van der Waals surface area (Å²) in [6.07, 6.45) is 1.07. The first kappa shape index (κ1) is 15.8. The van der Waals surface area contributed by atoms with E-state index in [9.17, 15) is 9.59 Å². The monoisotopic (exact) mass is 272 g/mol. The highest BCUT2D eigenvalue weighted by Crippen LogP contribution is 2.22. The van der Waals surface area contributed by atoms with E-state index in [1.54, 1.807) is 4.90 Å². The molecule has 0 aromatic heterocycles. The van der Waals surface area contributed by atoms with Gasteiger partial charge in [-0.1, -0.05) is 0 Å². The minimum absolute atomic E-state index is 0.224. The smallest absolute Gasteiger partial charge is 0.410 e. The summed E-state index contributed by atoms with van der Waals surface area (Å²) in [4.78, 5) is 24.8. The Bertz CT molecular complexity index is 338. The molecule has 1 amide bonds. The normalized spacial score (nSPS) is 21.1. The Morgan fingerprint density at radius 3 is 2.58 bits per heavy atom. The van der Waals surface area contributed by atoms with Crippen LogP contribution < -0.4 is 5.73 Å². The Balaban J connectivity index is 2.41. The summed E-state index contributed by atoms with van der Waals surface area (Å²) in [5.41, 5.74) is 5.23.